The van der Waals surface area contributed by atoms with Gasteiger partial charge in [-0.3, -0.25) is 14.5 Å². The van der Waals surface area contributed by atoms with Crippen LogP contribution in [0.3, 0.4) is 0 Å². The van der Waals surface area contributed by atoms with Crippen LogP contribution in [0, 0.1) is 23.8 Å². The summed E-state index contributed by atoms with van der Waals surface area (Å²) in [6.45, 7) is 21.7. The third-order valence-corrected chi connectivity index (χ3v) is 13.2. The number of rotatable bonds is 18. The van der Waals surface area contributed by atoms with Crippen LogP contribution in [0.2, 0.25) is 0 Å². The van der Waals surface area contributed by atoms with Gasteiger partial charge in [0.15, 0.2) is 0 Å². The van der Waals surface area contributed by atoms with Gasteiger partial charge in [-0.15, -0.1) is 0 Å². The maximum Gasteiger partial charge on any atom is 0.381 e. The maximum absolute atomic E-state index is 12.7. The molecule has 9 nitrogen and oxygen atoms in total. The summed E-state index contributed by atoms with van der Waals surface area (Å²) in [6, 6.07) is 8.01. The molecule has 3 unspecified atom stereocenters. The lowest BCUT2D eigenvalue weighted by Gasteiger charge is -2.58. The van der Waals surface area contributed by atoms with Crippen LogP contribution in [0.1, 0.15) is 133 Å². The zero-order valence-corrected chi connectivity index (χ0v) is 31.3. The first kappa shape index (κ1) is 38.6. The molecule has 266 valence electrons. The predicted octanol–water partition coefficient (Wildman–Crippen LogP) is 8.35. The topological polar surface area (TPSA) is 83.8 Å². The molecule has 0 radical (unpaired) electrons. The summed E-state index contributed by atoms with van der Waals surface area (Å²) in [5.41, 5.74) is 1.26. The van der Waals surface area contributed by atoms with Crippen molar-refractivity contribution in [3.8, 4) is 0 Å². The summed E-state index contributed by atoms with van der Waals surface area (Å²) in [5.74, 6) is 0.0893. The van der Waals surface area contributed by atoms with Crippen molar-refractivity contribution in [3.63, 3.8) is 0 Å². The van der Waals surface area contributed by atoms with Crippen LogP contribution in [-0.2, 0) is 13.8 Å². The van der Waals surface area contributed by atoms with Crippen molar-refractivity contribution in [2.24, 2.45) is 17.3 Å². The van der Waals surface area contributed by atoms with Crippen LogP contribution < -0.4 is 0 Å². The highest BCUT2D eigenvalue weighted by Gasteiger charge is 2.53. The average Bonchev–Trinajstić information content (AvgIpc) is 3.30. The van der Waals surface area contributed by atoms with Gasteiger partial charge in [0.05, 0.1) is 23.8 Å². The third kappa shape index (κ3) is 8.74. The molecule has 0 saturated heterocycles. The highest BCUT2D eigenvalue weighted by atomic mass is 31.2. The van der Waals surface area contributed by atoms with Gasteiger partial charge in [0.1, 0.15) is 6.61 Å². The summed E-state index contributed by atoms with van der Waals surface area (Å²) < 4.78 is 15.3. The Labute approximate surface area is 290 Å². The van der Waals surface area contributed by atoms with E-state index in [0.29, 0.717) is 35.5 Å². The van der Waals surface area contributed by atoms with E-state index in [2.05, 4.69) is 63.0 Å². The molecule has 0 N–H and O–H groups in total. The number of nitrogens with zero attached hydrogens (tertiary/aromatic N) is 4. The predicted molar refractivity (Wildman–Crippen MR) is 191 cm³/mol. The number of carbonyl (C=O) groups excluding carboxylic acids is 3. The van der Waals surface area contributed by atoms with E-state index < -0.39 is 14.4 Å². The Bertz CT molecular complexity index is 1260. The fourth-order valence-electron chi connectivity index (χ4n) is 8.96. The lowest BCUT2D eigenvalue weighted by atomic mass is 9.53. The molecule has 1 aliphatic heterocycles. The second-order valence-electron chi connectivity index (χ2n) is 15.0. The number of hydrogen-bond donors (Lipinski definition) is 0. The molecule has 3 amide bonds. The number of benzene rings is 1. The molecule has 1 heterocycles. The van der Waals surface area contributed by atoms with Crippen molar-refractivity contribution >= 4 is 26.2 Å². The van der Waals surface area contributed by atoms with Gasteiger partial charge >= 0.3 is 5.91 Å². The number of carbonyl (C=O) groups is 3. The minimum atomic E-state index is -1.48. The van der Waals surface area contributed by atoms with Gasteiger partial charge in [0, 0.05) is 24.7 Å². The zero-order chi connectivity index (χ0) is 35.0. The highest BCUT2D eigenvalue weighted by Crippen LogP contribution is 2.58. The summed E-state index contributed by atoms with van der Waals surface area (Å²) in [4.78, 5) is 44.4. The minimum absolute atomic E-state index is 0.0726. The number of imide groups is 1. The first-order valence-electron chi connectivity index (χ1n) is 18.4. The Kier molecular flexibility index (Phi) is 14.2. The van der Waals surface area contributed by atoms with Crippen LogP contribution in [0.4, 0.5) is 0 Å². The lowest BCUT2D eigenvalue weighted by molar-refractivity contribution is -0.117. The average molecular weight is 683 g/mol. The molecule has 0 bridgehead atoms. The second kappa shape index (κ2) is 17.6. The van der Waals surface area contributed by atoms with Crippen molar-refractivity contribution in [2.75, 3.05) is 26.7 Å². The molecular weight excluding hydrogens is 623 g/mol. The number of amides is 3. The molecule has 2 fully saturated rings. The molecule has 2 aliphatic carbocycles. The summed E-state index contributed by atoms with van der Waals surface area (Å²) >= 11 is 0. The van der Waals surface area contributed by atoms with E-state index in [-0.39, 0.29) is 42.0 Å². The summed E-state index contributed by atoms with van der Waals surface area (Å²) in [6.07, 6.45) is 12.0. The first-order valence-corrected chi connectivity index (χ1v) is 19.5. The Hall–Kier alpha value is -2.21. The van der Waals surface area contributed by atoms with Crippen LogP contribution in [-0.4, -0.2) is 83.2 Å². The van der Waals surface area contributed by atoms with E-state index >= 15 is 0 Å². The summed E-state index contributed by atoms with van der Waals surface area (Å²) in [7, 11) is 0.823. The van der Waals surface area contributed by atoms with Crippen molar-refractivity contribution < 1.29 is 23.4 Å². The quantitative estimate of drug-likeness (QED) is 0.0666. The zero-order valence-electron chi connectivity index (χ0n) is 30.5. The highest BCUT2D eigenvalue weighted by molar-refractivity contribution is 7.44. The van der Waals surface area contributed by atoms with Gasteiger partial charge in [-0.05, 0) is 116 Å². The monoisotopic (exact) mass is 682 g/mol. The molecule has 0 aromatic heterocycles. The van der Waals surface area contributed by atoms with Gasteiger partial charge in [-0.2, -0.15) is 4.85 Å². The van der Waals surface area contributed by atoms with Crippen molar-refractivity contribution in [1.29, 1.82) is 0 Å². The van der Waals surface area contributed by atoms with E-state index in [1.165, 1.54) is 24.2 Å². The fourth-order valence-corrected chi connectivity index (χ4v) is 10.7. The van der Waals surface area contributed by atoms with Gasteiger partial charge in [-0.1, -0.05) is 51.7 Å². The molecule has 0 spiro atoms. The van der Waals surface area contributed by atoms with Crippen LogP contribution in [0.25, 0.3) is 4.85 Å². The van der Waals surface area contributed by atoms with E-state index in [1.807, 2.05) is 12.1 Å². The van der Waals surface area contributed by atoms with E-state index in [9.17, 15) is 14.4 Å². The first-order chi connectivity index (χ1) is 22.9. The van der Waals surface area contributed by atoms with Crippen LogP contribution in [0.15, 0.2) is 24.3 Å². The van der Waals surface area contributed by atoms with E-state index in [4.69, 9.17) is 15.6 Å². The molecule has 3 aliphatic rings. The Morgan fingerprint density at radius 3 is 2.29 bits per heavy atom. The molecule has 48 heavy (non-hydrogen) atoms. The molecule has 1 aromatic carbocycles. The largest absolute Gasteiger partial charge is 0.381 e. The van der Waals surface area contributed by atoms with E-state index in [1.54, 1.807) is 12.1 Å². The molecule has 4 rings (SSSR count). The third-order valence-electron chi connectivity index (χ3n) is 11.1. The molecule has 1 aromatic rings. The lowest BCUT2D eigenvalue weighted by Crippen LogP contribution is -2.57. The van der Waals surface area contributed by atoms with E-state index in [0.717, 1.165) is 57.9 Å². The minimum Gasteiger partial charge on any atom is -0.325 e. The normalized spacial score (nSPS) is 26.3. The second-order valence-corrected chi connectivity index (χ2v) is 16.4. The number of fused-ring (bicyclic) bond motifs is 2. The smallest absolute Gasteiger partial charge is 0.325 e. The van der Waals surface area contributed by atoms with Crippen LogP contribution in [0.5, 0.6) is 0 Å². The molecule has 2 saturated carbocycles. The number of hydrogen-bond acceptors (Lipinski definition) is 7. The molecular formula is C38H59N4O5P. The Morgan fingerprint density at radius 1 is 1.04 bits per heavy atom. The van der Waals surface area contributed by atoms with Crippen LogP contribution >= 0.6 is 8.53 Å². The van der Waals surface area contributed by atoms with Crippen molar-refractivity contribution in [1.82, 2.24) is 14.5 Å². The fraction of sp³-hybridized carbons (Fsp3) is 0.737. The SMILES string of the molecule is [C-]#[N+]C(=O)COP(OC1CC[C@]2(C)C(N(C)CCCCCCN3C(=O)c4ccccc4C3=O)CCC[C@H]2[C@@H]1CCC)N(C(C)C)C(C)C. The Morgan fingerprint density at radius 2 is 1.69 bits per heavy atom. The van der Waals surface area contributed by atoms with Gasteiger partial charge in [0.2, 0.25) is 0 Å². The van der Waals surface area contributed by atoms with Gasteiger partial charge in [-0.25, -0.2) is 4.67 Å². The molecule has 10 heteroatoms. The molecule has 6 atom stereocenters. The van der Waals surface area contributed by atoms with Gasteiger partial charge < -0.3 is 18.7 Å². The summed E-state index contributed by atoms with van der Waals surface area (Å²) in [5, 5.41) is 0. The maximum atomic E-state index is 12.7. The van der Waals surface area contributed by atoms with Crippen molar-refractivity contribution in [3.05, 3.63) is 46.8 Å². The standard InChI is InChI=1S/C38H59N4O5P/c1-9-17-31-32-20-16-21-34(40(8)24-14-10-11-15-25-41-36(44)29-18-12-13-19-30(29)37(41)45)38(32,6)23-22-33(31)47-48(46-26-35(43)39-7)42(27(2)3)28(4)5/h12-13,18-19,27-28,31-34H,9-11,14-17,20-26H2,1-6,8H3/t31-,32-,33?,34?,38-,48?/m0/s1. The van der Waals surface area contributed by atoms with Gasteiger partial charge in [0.25, 0.3) is 20.3 Å². The Balaban J connectivity index is 1.33. The van der Waals surface area contributed by atoms with Crippen molar-refractivity contribution in [2.45, 2.75) is 136 Å². The number of unbranched alkanes of at least 4 members (excludes halogenated alkanes) is 3.